The van der Waals surface area contributed by atoms with Gasteiger partial charge < -0.3 is 14.8 Å². The number of hydrogen-bond acceptors (Lipinski definition) is 5. The van der Waals surface area contributed by atoms with Crippen molar-refractivity contribution in [2.24, 2.45) is 5.92 Å². The number of fused-ring (bicyclic) bond motifs is 1. The number of ether oxygens (including phenoxy) is 2. The molecule has 0 radical (unpaired) electrons. The molecule has 0 atom stereocenters. The zero-order valence-electron chi connectivity index (χ0n) is 15.1. The average molecular weight is 392 g/mol. The summed E-state index contributed by atoms with van der Waals surface area (Å²) in [4.78, 5) is 12.1. The van der Waals surface area contributed by atoms with E-state index in [2.05, 4.69) is 5.32 Å². The van der Waals surface area contributed by atoms with Crippen molar-refractivity contribution < 1.29 is 22.7 Å². The second kappa shape index (κ2) is 7.52. The molecule has 8 heteroatoms. The second-order valence-electron chi connectivity index (χ2n) is 7.28. The summed E-state index contributed by atoms with van der Waals surface area (Å²) in [6, 6.07) is 5.53. The lowest BCUT2D eigenvalue weighted by Crippen LogP contribution is -2.42. The molecule has 4 rings (SSSR count). The van der Waals surface area contributed by atoms with Crippen LogP contribution in [-0.2, 0) is 14.8 Å². The lowest BCUT2D eigenvalue weighted by atomic mass is 9.98. The van der Waals surface area contributed by atoms with E-state index >= 15 is 0 Å². The number of rotatable bonds is 6. The van der Waals surface area contributed by atoms with E-state index in [0.717, 1.165) is 31.2 Å². The molecule has 7 nitrogen and oxygen atoms in total. The minimum atomic E-state index is -3.07. The molecule has 2 heterocycles. The van der Waals surface area contributed by atoms with Crippen LogP contribution in [0.25, 0.3) is 6.08 Å². The normalized spacial score (nSPS) is 20.9. The van der Waals surface area contributed by atoms with Crippen LogP contribution in [0.3, 0.4) is 0 Å². The number of nitrogens with zero attached hydrogens (tertiary/aromatic N) is 1. The zero-order chi connectivity index (χ0) is 18.9. The fourth-order valence-corrected chi connectivity index (χ4v) is 5.31. The maximum Gasteiger partial charge on any atom is 0.244 e. The number of hydrogen-bond donors (Lipinski definition) is 1. The molecule has 1 aromatic carbocycles. The van der Waals surface area contributed by atoms with Crippen molar-refractivity contribution in [1.82, 2.24) is 9.62 Å². The molecule has 0 bridgehead atoms. The Morgan fingerprint density at radius 1 is 1.15 bits per heavy atom. The third-order valence-electron chi connectivity index (χ3n) is 5.27. The molecular formula is C19H24N2O5S. The number of carbonyl (C=O) groups is 1. The highest BCUT2D eigenvalue weighted by molar-refractivity contribution is 7.90. The van der Waals surface area contributed by atoms with E-state index in [4.69, 9.17) is 9.47 Å². The molecule has 1 saturated carbocycles. The lowest BCUT2D eigenvalue weighted by molar-refractivity contribution is -0.116. The maximum absolute atomic E-state index is 12.2. The zero-order valence-corrected chi connectivity index (χ0v) is 15.9. The van der Waals surface area contributed by atoms with Gasteiger partial charge in [-0.25, -0.2) is 12.7 Å². The average Bonchev–Trinajstić information content (AvgIpc) is 3.44. The molecule has 1 amide bonds. The molecule has 1 aliphatic carbocycles. The topological polar surface area (TPSA) is 84.9 Å². The van der Waals surface area contributed by atoms with Gasteiger partial charge in [0.05, 0.1) is 5.25 Å². The van der Waals surface area contributed by atoms with E-state index in [1.165, 1.54) is 6.08 Å². The monoisotopic (exact) mass is 392 g/mol. The van der Waals surface area contributed by atoms with Gasteiger partial charge in [0.2, 0.25) is 22.7 Å². The number of benzene rings is 1. The number of sulfonamides is 1. The summed E-state index contributed by atoms with van der Waals surface area (Å²) in [5, 5.41) is 2.77. The molecule has 1 N–H and O–H groups in total. The van der Waals surface area contributed by atoms with Gasteiger partial charge in [0.1, 0.15) is 0 Å². The van der Waals surface area contributed by atoms with Gasteiger partial charge in [-0.2, -0.15) is 0 Å². The van der Waals surface area contributed by atoms with Crippen LogP contribution in [-0.4, -0.2) is 50.3 Å². The molecule has 1 saturated heterocycles. The molecule has 2 fully saturated rings. The first kappa shape index (κ1) is 18.3. The van der Waals surface area contributed by atoms with Crippen LogP contribution >= 0.6 is 0 Å². The molecule has 0 spiro atoms. The maximum atomic E-state index is 12.2. The fourth-order valence-electron chi connectivity index (χ4n) is 3.44. The molecule has 2 aliphatic heterocycles. The predicted octanol–water partition coefficient (Wildman–Crippen LogP) is 1.75. The molecule has 27 heavy (non-hydrogen) atoms. The Balaban J connectivity index is 1.22. The highest BCUT2D eigenvalue weighted by Crippen LogP contribution is 2.33. The van der Waals surface area contributed by atoms with Crippen LogP contribution in [0.2, 0.25) is 0 Å². The van der Waals surface area contributed by atoms with Gasteiger partial charge in [0.25, 0.3) is 0 Å². The minimum absolute atomic E-state index is 0.143. The largest absolute Gasteiger partial charge is 0.454 e. The molecule has 146 valence electrons. The Labute approximate surface area is 159 Å². The third-order valence-corrected chi connectivity index (χ3v) is 7.67. The van der Waals surface area contributed by atoms with Crippen LogP contribution in [0.4, 0.5) is 0 Å². The van der Waals surface area contributed by atoms with Crippen molar-refractivity contribution in [2.75, 3.05) is 26.4 Å². The minimum Gasteiger partial charge on any atom is -0.454 e. The smallest absolute Gasteiger partial charge is 0.244 e. The molecule has 0 unspecified atom stereocenters. The van der Waals surface area contributed by atoms with Crippen LogP contribution < -0.4 is 14.8 Å². The summed E-state index contributed by atoms with van der Waals surface area (Å²) in [6.07, 6.45) is 6.42. The summed E-state index contributed by atoms with van der Waals surface area (Å²) < 4.78 is 36.7. The third kappa shape index (κ3) is 4.27. The van der Waals surface area contributed by atoms with Crippen molar-refractivity contribution in [3.8, 4) is 11.5 Å². The molecular weight excluding hydrogens is 368 g/mol. The molecule has 0 aromatic heterocycles. The Morgan fingerprint density at radius 3 is 2.63 bits per heavy atom. The van der Waals surface area contributed by atoms with Gasteiger partial charge in [-0.3, -0.25) is 4.79 Å². The van der Waals surface area contributed by atoms with E-state index < -0.39 is 10.0 Å². The standard InChI is InChI=1S/C19H24N2O5S/c22-19(6-2-14-1-5-17-18(11-14)26-13-25-17)20-12-15-7-9-21(10-8-15)27(23,24)16-3-4-16/h1-2,5-6,11,15-16H,3-4,7-10,12-13H2,(H,20,22)/b6-2+. The van der Waals surface area contributed by atoms with E-state index in [0.29, 0.717) is 37.1 Å². The second-order valence-corrected chi connectivity index (χ2v) is 9.49. The van der Waals surface area contributed by atoms with Crippen molar-refractivity contribution in [3.05, 3.63) is 29.8 Å². The Hall–Kier alpha value is -2.06. The molecule has 3 aliphatic rings. The van der Waals surface area contributed by atoms with Crippen LogP contribution in [0.1, 0.15) is 31.2 Å². The lowest BCUT2D eigenvalue weighted by Gasteiger charge is -2.31. The van der Waals surface area contributed by atoms with Crippen LogP contribution in [0.15, 0.2) is 24.3 Å². The Bertz CT molecular complexity index is 840. The highest BCUT2D eigenvalue weighted by Gasteiger charge is 2.41. The molecule has 1 aromatic rings. The summed E-state index contributed by atoms with van der Waals surface area (Å²) >= 11 is 0. The number of piperidine rings is 1. The first-order valence-electron chi connectivity index (χ1n) is 9.37. The SMILES string of the molecule is O=C(/C=C/c1ccc2c(c1)OCO2)NCC1CCN(S(=O)(=O)C2CC2)CC1. The van der Waals surface area contributed by atoms with Gasteiger partial charge in [-0.15, -0.1) is 0 Å². The van der Waals surface area contributed by atoms with E-state index in [-0.39, 0.29) is 18.0 Å². The van der Waals surface area contributed by atoms with Crippen LogP contribution in [0, 0.1) is 5.92 Å². The van der Waals surface area contributed by atoms with Gasteiger partial charge in [0.15, 0.2) is 11.5 Å². The quantitative estimate of drug-likeness (QED) is 0.746. The van der Waals surface area contributed by atoms with Crippen molar-refractivity contribution >= 4 is 22.0 Å². The van der Waals surface area contributed by atoms with E-state index in [1.807, 2.05) is 18.2 Å². The first-order valence-corrected chi connectivity index (χ1v) is 10.9. The number of nitrogens with one attached hydrogen (secondary N) is 1. The summed E-state index contributed by atoms with van der Waals surface area (Å²) in [5.74, 6) is 1.57. The van der Waals surface area contributed by atoms with Gasteiger partial charge in [-0.1, -0.05) is 6.07 Å². The van der Waals surface area contributed by atoms with Gasteiger partial charge in [0, 0.05) is 25.7 Å². The fraction of sp³-hybridized carbons (Fsp3) is 0.526. The summed E-state index contributed by atoms with van der Waals surface area (Å²) in [7, 11) is -3.07. The van der Waals surface area contributed by atoms with E-state index in [1.54, 1.807) is 10.4 Å². The Kier molecular flexibility index (Phi) is 5.10. The van der Waals surface area contributed by atoms with Crippen molar-refractivity contribution in [3.63, 3.8) is 0 Å². The van der Waals surface area contributed by atoms with Crippen molar-refractivity contribution in [2.45, 2.75) is 30.9 Å². The predicted molar refractivity (Wildman–Crippen MR) is 101 cm³/mol. The van der Waals surface area contributed by atoms with Gasteiger partial charge >= 0.3 is 0 Å². The highest BCUT2D eigenvalue weighted by atomic mass is 32.2. The Morgan fingerprint density at radius 2 is 1.89 bits per heavy atom. The summed E-state index contributed by atoms with van der Waals surface area (Å²) in [5.41, 5.74) is 0.869. The first-order chi connectivity index (χ1) is 13.0. The summed E-state index contributed by atoms with van der Waals surface area (Å²) in [6.45, 7) is 1.92. The van der Waals surface area contributed by atoms with Crippen LogP contribution in [0.5, 0.6) is 11.5 Å². The number of amides is 1. The van der Waals surface area contributed by atoms with E-state index in [9.17, 15) is 13.2 Å². The number of carbonyl (C=O) groups excluding carboxylic acids is 1. The van der Waals surface area contributed by atoms with Gasteiger partial charge in [-0.05, 0) is 55.4 Å². The van der Waals surface area contributed by atoms with Crippen molar-refractivity contribution in [1.29, 1.82) is 0 Å².